The molecule has 3 rings (SSSR count). The fourth-order valence-electron chi connectivity index (χ4n) is 1.76. The van der Waals surface area contributed by atoms with Crippen molar-refractivity contribution in [2.24, 2.45) is 4.99 Å². The number of hydrogen-bond acceptors (Lipinski definition) is 3. The molecule has 3 aromatic rings. The van der Waals surface area contributed by atoms with E-state index in [0.29, 0.717) is 16.4 Å². The van der Waals surface area contributed by atoms with Crippen LogP contribution in [0, 0.1) is 0 Å². The molecule has 90 valence electrons. The van der Waals surface area contributed by atoms with Crippen LogP contribution in [0.3, 0.4) is 0 Å². The van der Waals surface area contributed by atoms with Crippen molar-refractivity contribution < 1.29 is 5.11 Å². The van der Waals surface area contributed by atoms with E-state index in [1.165, 1.54) is 0 Å². The first-order valence-electron chi connectivity index (χ1n) is 5.27. The van der Waals surface area contributed by atoms with Crippen molar-refractivity contribution in [1.82, 2.24) is 15.2 Å². The second-order valence-corrected chi connectivity index (χ2v) is 4.21. The number of aliphatic imine (C=N–C) groups is 1. The maximum absolute atomic E-state index is 9.84. The molecule has 0 saturated carbocycles. The molecule has 1 aromatic carbocycles. The number of aromatic nitrogens is 3. The Kier molecular flexibility index (Phi) is 2.53. The Morgan fingerprint density at radius 1 is 1.33 bits per heavy atom. The van der Waals surface area contributed by atoms with Gasteiger partial charge in [0.05, 0.1) is 11.8 Å². The van der Waals surface area contributed by atoms with Crippen LogP contribution in [-0.2, 0) is 0 Å². The summed E-state index contributed by atoms with van der Waals surface area (Å²) in [6.45, 7) is 0. The van der Waals surface area contributed by atoms with Crippen molar-refractivity contribution >= 4 is 34.5 Å². The molecule has 0 saturated heterocycles. The van der Waals surface area contributed by atoms with Crippen molar-refractivity contribution in [3.63, 3.8) is 0 Å². The Balaban J connectivity index is 2.10. The first-order valence-corrected chi connectivity index (χ1v) is 5.65. The molecule has 0 atom stereocenters. The van der Waals surface area contributed by atoms with Crippen molar-refractivity contribution in [3.05, 3.63) is 41.0 Å². The Morgan fingerprint density at radius 2 is 2.22 bits per heavy atom. The molecule has 0 aliphatic rings. The molecule has 0 unspecified atom stereocenters. The molecule has 18 heavy (non-hydrogen) atoms. The SMILES string of the molecule is Oc1[nH]c2ccc(Cl)cc2c1/C=N/c1ccn[nH]1. The van der Waals surface area contributed by atoms with E-state index in [-0.39, 0.29) is 5.88 Å². The molecule has 0 radical (unpaired) electrons. The lowest BCUT2D eigenvalue weighted by atomic mass is 10.2. The lowest BCUT2D eigenvalue weighted by Gasteiger charge is -1.93. The summed E-state index contributed by atoms with van der Waals surface area (Å²) in [5.41, 5.74) is 1.41. The average Bonchev–Trinajstić information content (AvgIpc) is 2.94. The van der Waals surface area contributed by atoms with E-state index in [0.717, 1.165) is 10.9 Å². The maximum Gasteiger partial charge on any atom is 0.198 e. The zero-order valence-corrected chi connectivity index (χ0v) is 9.94. The molecule has 3 N–H and O–H groups in total. The smallest absolute Gasteiger partial charge is 0.198 e. The number of hydrogen-bond donors (Lipinski definition) is 3. The van der Waals surface area contributed by atoms with Gasteiger partial charge in [-0.2, -0.15) is 5.10 Å². The van der Waals surface area contributed by atoms with Gasteiger partial charge in [0.2, 0.25) is 0 Å². The predicted molar refractivity (Wildman–Crippen MR) is 70.8 cm³/mol. The van der Waals surface area contributed by atoms with E-state index in [2.05, 4.69) is 20.2 Å². The van der Waals surface area contributed by atoms with Gasteiger partial charge in [-0.25, -0.2) is 4.99 Å². The van der Waals surface area contributed by atoms with Gasteiger partial charge in [-0.15, -0.1) is 0 Å². The highest BCUT2D eigenvalue weighted by Crippen LogP contribution is 2.28. The molecule has 2 aromatic heterocycles. The van der Waals surface area contributed by atoms with Crippen LogP contribution in [0.5, 0.6) is 5.88 Å². The van der Waals surface area contributed by atoms with Gasteiger partial charge in [-0.3, -0.25) is 5.10 Å². The fraction of sp³-hybridized carbons (Fsp3) is 0. The summed E-state index contributed by atoms with van der Waals surface area (Å²) in [4.78, 5) is 7.05. The summed E-state index contributed by atoms with van der Waals surface area (Å²) >= 11 is 5.94. The fourth-order valence-corrected chi connectivity index (χ4v) is 1.93. The Morgan fingerprint density at radius 3 is 3.00 bits per heavy atom. The first kappa shape index (κ1) is 10.9. The van der Waals surface area contributed by atoms with Gasteiger partial charge < -0.3 is 10.1 Å². The molecule has 0 spiro atoms. The Bertz CT molecular complexity index is 715. The third-order valence-corrected chi connectivity index (χ3v) is 2.83. The third kappa shape index (κ3) is 1.84. The van der Waals surface area contributed by atoms with Gasteiger partial charge in [-0.05, 0) is 18.2 Å². The summed E-state index contributed by atoms with van der Waals surface area (Å²) in [6.07, 6.45) is 3.18. The summed E-state index contributed by atoms with van der Waals surface area (Å²) in [6, 6.07) is 7.08. The Hall–Kier alpha value is -2.27. The van der Waals surface area contributed by atoms with Crippen LogP contribution in [0.4, 0.5) is 5.82 Å². The number of nitrogens with zero attached hydrogens (tertiary/aromatic N) is 2. The molecule has 0 fully saturated rings. The van der Waals surface area contributed by atoms with E-state index in [4.69, 9.17) is 11.6 Å². The topological polar surface area (TPSA) is 77.1 Å². The van der Waals surface area contributed by atoms with Crippen molar-refractivity contribution in [2.45, 2.75) is 0 Å². The monoisotopic (exact) mass is 260 g/mol. The summed E-state index contributed by atoms with van der Waals surface area (Å²) < 4.78 is 0. The summed E-state index contributed by atoms with van der Waals surface area (Å²) in [5, 5.41) is 17.8. The van der Waals surface area contributed by atoms with Crippen LogP contribution >= 0.6 is 11.6 Å². The third-order valence-electron chi connectivity index (χ3n) is 2.60. The number of benzene rings is 1. The minimum atomic E-state index is 0.0653. The first-order chi connectivity index (χ1) is 8.74. The number of nitrogens with one attached hydrogen (secondary N) is 2. The minimum Gasteiger partial charge on any atom is -0.494 e. The van der Waals surface area contributed by atoms with Crippen molar-refractivity contribution in [3.8, 4) is 5.88 Å². The number of halogens is 1. The second kappa shape index (κ2) is 4.19. The van der Waals surface area contributed by atoms with Crippen LogP contribution in [0.15, 0.2) is 35.5 Å². The largest absolute Gasteiger partial charge is 0.494 e. The average molecular weight is 261 g/mol. The molecule has 2 heterocycles. The van der Waals surface area contributed by atoms with Gasteiger partial charge in [0.1, 0.15) is 5.82 Å². The van der Waals surface area contributed by atoms with E-state index < -0.39 is 0 Å². The van der Waals surface area contributed by atoms with Crippen LogP contribution in [0.2, 0.25) is 5.02 Å². The molecule has 6 heteroatoms. The molecule has 0 aliphatic carbocycles. The Labute approximate surface area is 107 Å². The minimum absolute atomic E-state index is 0.0653. The maximum atomic E-state index is 9.84. The van der Waals surface area contributed by atoms with Crippen molar-refractivity contribution in [1.29, 1.82) is 0 Å². The van der Waals surface area contributed by atoms with E-state index in [1.54, 1.807) is 30.6 Å². The lowest BCUT2D eigenvalue weighted by molar-refractivity contribution is 0.457. The molecule has 5 nitrogen and oxygen atoms in total. The number of aromatic amines is 2. The van der Waals surface area contributed by atoms with Crippen LogP contribution < -0.4 is 0 Å². The van der Waals surface area contributed by atoms with Gasteiger partial charge in [0, 0.05) is 28.2 Å². The van der Waals surface area contributed by atoms with Crippen LogP contribution in [-0.4, -0.2) is 26.5 Å². The number of rotatable bonds is 2. The molecule has 0 amide bonds. The van der Waals surface area contributed by atoms with E-state index >= 15 is 0 Å². The molecule has 0 aliphatic heterocycles. The highest BCUT2D eigenvalue weighted by atomic mass is 35.5. The van der Waals surface area contributed by atoms with Crippen LogP contribution in [0.25, 0.3) is 10.9 Å². The molecular formula is C12H9ClN4O. The quantitative estimate of drug-likeness (QED) is 0.620. The van der Waals surface area contributed by atoms with Gasteiger partial charge in [-0.1, -0.05) is 11.6 Å². The number of aromatic hydroxyl groups is 1. The normalized spacial score (nSPS) is 11.6. The highest BCUT2D eigenvalue weighted by Gasteiger charge is 2.09. The second-order valence-electron chi connectivity index (χ2n) is 3.78. The molecular weight excluding hydrogens is 252 g/mol. The number of H-pyrrole nitrogens is 2. The predicted octanol–water partition coefficient (Wildman–Crippen LogP) is 3.00. The van der Waals surface area contributed by atoms with Crippen LogP contribution in [0.1, 0.15) is 5.56 Å². The van der Waals surface area contributed by atoms with Crippen molar-refractivity contribution in [2.75, 3.05) is 0 Å². The lowest BCUT2D eigenvalue weighted by Crippen LogP contribution is -1.79. The highest BCUT2D eigenvalue weighted by molar-refractivity contribution is 6.31. The zero-order chi connectivity index (χ0) is 12.5. The molecule has 0 bridgehead atoms. The van der Waals surface area contributed by atoms with Gasteiger partial charge in [0.15, 0.2) is 5.88 Å². The van der Waals surface area contributed by atoms with E-state index in [9.17, 15) is 5.11 Å². The number of fused-ring (bicyclic) bond motifs is 1. The summed E-state index contributed by atoms with van der Waals surface area (Å²) in [5.74, 6) is 0.682. The van der Waals surface area contributed by atoms with E-state index in [1.807, 2.05) is 6.07 Å². The van der Waals surface area contributed by atoms with Gasteiger partial charge in [0.25, 0.3) is 0 Å². The zero-order valence-electron chi connectivity index (χ0n) is 9.18. The standard InChI is InChI=1S/C12H9ClN4O/c13-7-1-2-10-8(5-7)9(12(18)16-10)6-14-11-3-4-15-17-11/h1-6,16,18H,(H,15,17)/b14-6+. The summed E-state index contributed by atoms with van der Waals surface area (Å²) in [7, 11) is 0. The van der Waals surface area contributed by atoms with Gasteiger partial charge >= 0.3 is 0 Å².